The lowest BCUT2D eigenvalue weighted by Gasteiger charge is -2.11. The molecule has 112 valence electrons. The number of halogens is 3. The highest BCUT2D eigenvalue weighted by Crippen LogP contribution is 2.45. The molecule has 1 heterocycles. The number of hydrogen-bond acceptors (Lipinski definition) is 2. The van der Waals surface area contributed by atoms with Crippen LogP contribution in [0.1, 0.15) is 41.2 Å². The lowest BCUT2D eigenvalue weighted by atomic mass is 9.95. The largest absolute Gasteiger partial charge is 0.360 e. The van der Waals surface area contributed by atoms with Crippen molar-refractivity contribution in [3.8, 4) is 11.3 Å². The van der Waals surface area contributed by atoms with Crippen LogP contribution < -0.4 is 0 Å². The minimum atomic E-state index is 0.624. The molecule has 5 heteroatoms. The van der Waals surface area contributed by atoms with Crippen molar-refractivity contribution < 1.29 is 4.52 Å². The van der Waals surface area contributed by atoms with Crippen LogP contribution >= 0.6 is 67.8 Å². The average Bonchev–Trinajstić information content (AvgIpc) is 3.28. The summed E-state index contributed by atoms with van der Waals surface area (Å²) in [5.74, 6) is 1.78. The molecule has 1 saturated carbocycles. The summed E-state index contributed by atoms with van der Waals surface area (Å²) in [6.07, 6.45) is 3.58. The fourth-order valence-electron chi connectivity index (χ4n) is 2.70. The highest BCUT2D eigenvalue weighted by molar-refractivity contribution is 14.1. The zero-order chi connectivity index (χ0) is 14.8. The molecule has 1 aliphatic rings. The van der Waals surface area contributed by atoms with Crippen molar-refractivity contribution >= 4 is 67.8 Å². The highest BCUT2D eigenvalue weighted by atomic mass is 127. The summed E-state index contributed by atoms with van der Waals surface area (Å²) in [5, 5.41) is 4.50. The van der Waals surface area contributed by atoms with E-state index in [1.807, 2.05) is 0 Å². The monoisotopic (exact) mass is 619 g/mol. The summed E-state index contributed by atoms with van der Waals surface area (Å²) in [4.78, 5) is 0. The normalized spacial score (nSPS) is 14.6. The van der Waals surface area contributed by atoms with E-state index in [1.165, 1.54) is 35.1 Å². The summed E-state index contributed by atoms with van der Waals surface area (Å²) < 4.78 is 8.89. The molecular formula is C16H16I3NO. The Labute approximate surface area is 166 Å². The van der Waals surface area contributed by atoms with Gasteiger partial charge in [0.25, 0.3) is 0 Å². The number of aromatic nitrogens is 1. The molecule has 0 bridgehead atoms. The van der Waals surface area contributed by atoms with Gasteiger partial charge in [0.05, 0.1) is 0 Å². The topological polar surface area (TPSA) is 26.0 Å². The summed E-state index contributed by atoms with van der Waals surface area (Å²) in [6, 6.07) is 6.60. The van der Waals surface area contributed by atoms with Gasteiger partial charge in [0.1, 0.15) is 11.5 Å². The molecule has 21 heavy (non-hydrogen) atoms. The van der Waals surface area contributed by atoms with Crippen LogP contribution in [0.2, 0.25) is 0 Å². The van der Waals surface area contributed by atoms with E-state index in [4.69, 9.17) is 4.52 Å². The Morgan fingerprint density at radius 3 is 2.29 bits per heavy atom. The molecular weight excluding hydrogens is 603 g/mol. The van der Waals surface area contributed by atoms with Gasteiger partial charge < -0.3 is 4.52 Å². The Bertz CT molecular complexity index is 612. The number of benzene rings is 1. The van der Waals surface area contributed by atoms with Crippen molar-refractivity contribution in [2.24, 2.45) is 0 Å². The predicted molar refractivity (Wildman–Crippen MR) is 112 cm³/mol. The second kappa shape index (κ2) is 7.46. The first-order valence-corrected chi connectivity index (χ1v) is 11.6. The van der Waals surface area contributed by atoms with E-state index in [9.17, 15) is 0 Å². The highest BCUT2D eigenvalue weighted by Gasteiger charge is 2.32. The predicted octanol–water partition coefficient (Wildman–Crippen LogP) is 6.07. The zero-order valence-electron chi connectivity index (χ0n) is 11.5. The van der Waals surface area contributed by atoms with Gasteiger partial charge in [0.15, 0.2) is 0 Å². The Hall–Kier alpha value is 0.620. The Balaban J connectivity index is 2.15. The van der Waals surface area contributed by atoms with Crippen molar-refractivity contribution in [2.45, 2.75) is 34.0 Å². The third kappa shape index (κ3) is 3.44. The molecule has 1 aromatic carbocycles. The number of nitrogens with zero attached hydrogens (tertiary/aromatic N) is 1. The van der Waals surface area contributed by atoms with Crippen LogP contribution in [-0.4, -0.2) is 9.58 Å². The van der Waals surface area contributed by atoms with Gasteiger partial charge in [-0.3, -0.25) is 0 Å². The quantitative estimate of drug-likeness (QED) is 0.290. The third-order valence-electron chi connectivity index (χ3n) is 3.87. The standard InChI is InChI=1S/C16H16I3NO/c17-7-6-13-15(20-21-16(13)10-4-5-10)14-11(8-18)2-1-3-12(14)9-19/h1-3,10H,4-9H2. The van der Waals surface area contributed by atoms with Crippen molar-refractivity contribution in [2.75, 3.05) is 4.43 Å². The fraction of sp³-hybridized carbons (Fsp3) is 0.438. The molecule has 0 N–H and O–H groups in total. The minimum absolute atomic E-state index is 0.624. The lowest BCUT2D eigenvalue weighted by Crippen LogP contribution is -1.98. The van der Waals surface area contributed by atoms with Crippen LogP contribution in [0, 0.1) is 0 Å². The third-order valence-corrected chi connectivity index (χ3v) is 6.06. The van der Waals surface area contributed by atoms with Gasteiger partial charge in [-0.25, -0.2) is 0 Å². The van der Waals surface area contributed by atoms with Crippen molar-refractivity contribution in [3.05, 3.63) is 40.6 Å². The summed E-state index contributed by atoms with van der Waals surface area (Å²) in [5.41, 5.74) is 6.52. The van der Waals surface area contributed by atoms with E-state index >= 15 is 0 Å². The smallest absolute Gasteiger partial charge is 0.143 e. The first kappa shape index (κ1) is 16.5. The molecule has 1 fully saturated rings. The molecule has 2 nitrogen and oxygen atoms in total. The number of alkyl halides is 3. The number of hydrogen-bond donors (Lipinski definition) is 0. The van der Waals surface area contributed by atoms with E-state index in [1.54, 1.807) is 0 Å². The molecule has 0 unspecified atom stereocenters. The fourth-order valence-corrected chi connectivity index (χ4v) is 4.51. The van der Waals surface area contributed by atoms with Gasteiger partial charge >= 0.3 is 0 Å². The maximum absolute atomic E-state index is 5.77. The van der Waals surface area contributed by atoms with E-state index in [2.05, 4.69) is 91.1 Å². The van der Waals surface area contributed by atoms with Gasteiger partial charge in [-0.1, -0.05) is 91.1 Å². The van der Waals surface area contributed by atoms with E-state index in [0.29, 0.717) is 5.92 Å². The Morgan fingerprint density at radius 2 is 1.76 bits per heavy atom. The van der Waals surface area contributed by atoms with Crippen LogP contribution in [-0.2, 0) is 15.3 Å². The van der Waals surface area contributed by atoms with Crippen LogP contribution in [0.5, 0.6) is 0 Å². The SMILES string of the molecule is ICCc1c(-c2c(CI)cccc2CI)noc1C1CC1. The van der Waals surface area contributed by atoms with Crippen LogP contribution in [0.15, 0.2) is 22.7 Å². The van der Waals surface area contributed by atoms with Gasteiger partial charge in [-0.05, 0) is 30.4 Å². The van der Waals surface area contributed by atoms with E-state index < -0.39 is 0 Å². The van der Waals surface area contributed by atoms with Gasteiger partial charge in [-0.15, -0.1) is 0 Å². The van der Waals surface area contributed by atoms with Crippen molar-refractivity contribution in [1.82, 2.24) is 5.16 Å². The van der Waals surface area contributed by atoms with E-state index in [0.717, 1.165) is 31.2 Å². The first-order chi connectivity index (χ1) is 10.3. The zero-order valence-corrected chi connectivity index (χ0v) is 18.0. The van der Waals surface area contributed by atoms with E-state index in [-0.39, 0.29) is 0 Å². The second-order valence-electron chi connectivity index (χ2n) is 5.31. The molecule has 1 aliphatic carbocycles. The molecule has 0 aliphatic heterocycles. The molecule has 0 saturated heterocycles. The first-order valence-electron chi connectivity index (χ1n) is 7.07. The molecule has 0 spiro atoms. The summed E-state index contributed by atoms with van der Waals surface area (Å²) in [6.45, 7) is 0. The van der Waals surface area contributed by atoms with Crippen LogP contribution in [0.25, 0.3) is 11.3 Å². The van der Waals surface area contributed by atoms with Crippen LogP contribution in [0.4, 0.5) is 0 Å². The van der Waals surface area contributed by atoms with Gasteiger partial charge in [0.2, 0.25) is 0 Å². The molecule has 1 aromatic heterocycles. The maximum atomic E-state index is 5.77. The minimum Gasteiger partial charge on any atom is -0.360 e. The van der Waals surface area contributed by atoms with Crippen molar-refractivity contribution in [3.63, 3.8) is 0 Å². The average molecular weight is 619 g/mol. The maximum Gasteiger partial charge on any atom is 0.143 e. The molecule has 0 radical (unpaired) electrons. The van der Waals surface area contributed by atoms with Gasteiger partial charge in [0, 0.05) is 30.3 Å². The summed E-state index contributed by atoms with van der Waals surface area (Å²) in [7, 11) is 0. The molecule has 3 rings (SSSR count). The number of rotatable bonds is 6. The Morgan fingerprint density at radius 1 is 1.10 bits per heavy atom. The van der Waals surface area contributed by atoms with Gasteiger partial charge in [-0.2, -0.15) is 0 Å². The molecule has 0 atom stereocenters. The lowest BCUT2D eigenvalue weighted by molar-refractivity contribution is 0.385. The second-order valence-corrected chi connectivity index (χ2v) is 7.91. The van der Waals surface area contributed by atoms with Crippen molar-refractivity contribution in [1.29, 1.82) is 0 Å². The Kier molecular flexibility index (Phi) is 5.85. The van der Waals surface area contributed by atoms with Crippen LogP contribution in [0.3, 0.4) is 0 Å². The molecule has 2 aromatic rings. The molecule has 0 amide bonds. The summed E-state index contributed by atoms with van der Waals surface area (Å²) >= 11 is 7.33.